The van der Waals surface area contributed by atoms with Crippen molar-refractivity contribution in [1.82, 2.24) is 5.32 Å². The minimum absolute atomic E-state index is 0.164. The van der Waals surface area contributed by atoms with Gasteiger partial charge in [0.2, 0.25) is 5.91 Å². The highest BCUT2D eigenvalue weighted by Crippen LogP contribution is 2.35. The number of benzene rings is 1. The molecule has 1 aliphatic heterocycles. The van der Waals surface area contributed by atoms with E-state index in [0.717, 1.165) is 38.0 Å². The maximum atomic E-state index is 12.9. The Balaban J connectivity index is 2.24. The summed E-state index contributed by atoms with van der Waals surface area (Å²) >= 11 is 0. The summed E-state index contributed by atoms with van der Waals surface area (Å²) in [4.78, 5) is 14.6. The van der Waals surface area contributed by atoms with Crippen molar-refractivity contribution in [2.75, 3.05) is 25.0 Å². The van der Waals surface area contributed by atoms with Crippen molar-refractivity contribution < 1.29 is 4.79 Å². The lowest BCUT2D eigenvalue weighted by Gasteiger charge is -2.38. The van der Waals surface area contributed by atoms with Gasteiger partial charge in [0.1, 0.15) is 0 Å². The van der Waals surface area contributed by atoms with Crippen molar-refractivity contribution in [2.24, 2.45) is 5.41 Å². The van der Waals surface area contributed by atoms with Gasteiger partial charge in [0.25, 0.3) is 0 Å². The van der Waals surface area contributed by atoms with Crippen LogP contribution in [-0.4, -0.2) is 26.0 Å². The first-order valence-corrected chi connectivity index (χ1v) is 7.12. The number of nitrogens with one attached hydrogen (secondary N) is 1. The van der Waals surface area contributed by atoms with Crippen LogP contribution < -0.4 is 10.2 Å². The lowest BCUT2D eigenvalue weighted by Crippen LogP contribution is -2.48. The normalized spacial score (nSPS) is 17.2. The first kappa shape index (κ1) is 14.5. The third-order valence-electron chi connectivity index (χ3n) is 4.36. The van der Waals surface area contributed by atoms with Gasteiger partial charge in [0.15, 0.2) is 0 Å². The van der Waals surface area contributed by atoms with Gasteiger partial charge in [-0.15, -0.1) is 0 Å². The summed E-state index contributed by atoms with van der Waals surface area (Å²) in [5.41, 5.74) is 1.11. The van der Waals surface area contributed by atoms with Crippen molar-refractivity contribution in [3.63, 3.8) is 0 Å². The van der Waals surface area contributed by atoms with E-state index in [4.69, 9.17) is 5.26 Å². The van der Waals surface area contributed by atoms with E-state index in [1.165, 1.54) is 0 Å². The Hall–Kier alpha value is -1.86. The Kier molecular flexibility index (Phi) is 4.41. The van der Waals surface area contributed by atoms with Gasteiger partial charge in [0.05, 0.1) is 17.0 Å². The molecule has 1 saturated heterocycles. The molecule has 20 heavy (non-hydrogen) atoms. The monoisotopic (exact) mass is 271 g/mol. The third-order valence-corrected chi connectivity index (χ3v) is 4.36. The number of nitriles is 1. The van der Waals surface area contributed by atoms with Crippen molar-refractivity contribution >= 4 is 11.6 Å². The van der Waals surface area contributed by atoms with Crippen LogP contribution in [-0.2, 0) is 4.79 Å². The highest BCUT2D eigenvalue weighted by atomic mass is 16.2. The third kappa shape index (κ3) is 2.68. The van der Waals surface area contributed by atoms with Gasteiger partial charge in [0, 0.05) is 12.7 Å². The number of rotatable bonds is 3. The highest BCUT2D eigenvalue weighted by Gasteiger charge is 2.39. The molecule has 0 bridgehead atoms. The molecule has 1 N–H and O–H groups in total. The largest absolute Gasteiger partial charge is 0.317 e. The van der Waals surface area contributed by atoms with Crippen LogP contribution in [0.5, 0.6) is 0 Å². The summed E-state index contributed by atoms with van der Waals surface area (Å²) in [5.74, 6) is 0.164. The molecule has 0 aliphatic carbocycles. The lowest BCUT2D eigenvalue weighted by atomic mass is 9.75. The van der Waals surface area contributed by atoms with Crippen molar-refractivity contribution in [3.05, 3.63) is 29.8 Å². The Morgan fingerprint density at radius 2 is 2.15 bits per heavy atom. The van der Waals surface area contributed by atoms with E-state index < -0.39 is 0 Å². The highest BCUT2D eigenvalue weighted by molar-refractivity contribution is 5.97. The maximum Gasteiger partial charge on any atom is 0.233 e. The summed E-state index contributed by atoms with van der Waals surface area (Å²) in [6.07, 6.45) is 2.62. The molecule has 0 spiro atoms. The first-order valence-electron chi connectivity index (χ1n) is 7.12. The summed E-state index contributed by atoms with van der Waals surface area (Å²) in [5, 5.41) is 12.3. The Labute approximate surface area is 120 Å². The van der Waals surface area contributed by atoms with E-state index in [0.29, 0.717) is 5.56 Å². The smallest absolute Gasteiger partial charge is 0.233 e. The average Bonchev–Trinajstić information content (AvgIpc) is 2.54. The van der Waals surface area contributed by atoms with Gasteiger partial charge >= 0.3 is 0 Å². The summed E-state index contributed by atoms with van der Waals surface area (Å²) in [6.45, 7) is 3.88. The minimum Gasteiger partial charge on any atom is -0.317 e. The van der Waals surface area contributed by atoms with E-state index in [9.17, 15) is 4.79 Å². The number of amides is 1. The molecule has 0 aromatic heterocycles. The van der Waals surface area contributed by atoms with Crippen LogP contribution in [0.1, 0.15) is 31.7 Å². The predicted molar refractivity (Wildman–Crippen MR) is 79.4 cm³/mol. The number of piperidine rings is 1. The average molecular weight is 271 g/mol. The van der Waals surface area contributed by atoms with Crippen LogP contribution >= 0.6 is 0 Å². The van der Waals surface area contributed by atoms with Gasteiger partial charge in [-0.3, -0.25) is 4.79 Å². The van der Waals surface area contributed by atoms with Gasteiger partial charge < -0.3 is 10.2 Å². The summed E-state index contributed by atoms with van der Waals surface area (Å²) < 4.78 is 0. The Morgan fingerprint density at radius 1 is 1.45 bits per heavy atom. The molecule has 1 heterocycles. The topological polar surface area (TPSA) is 56.1 Å². The summed E-state index contributed by atoms with van der Waals surface area (Å²) in [7, 11) is 1.80. The number of nitrogens with zero attached hydrogens (tertiary/aromatic N) is 2. The zero-order chi connectivity index (χ0) is 14.6. The molecule has 4 nitrogen and oxygen atoms in total. The molecule has 0 atom stereocenters. The quantitative estimate of drug-likeness (QED) is 0.917. The Bertz CT molecular complexity index is 527. The molecule has 0 radical (unpaired) electrons. The van der Waals surface area contributed by atoms with Crippen molar-refractivity contribution in [1.29, 1.82) is 5.26 Å². The molecule has 0 unspecified atom stereocenters. The van der Waals surface area contributed by atoms with Crippen LogP contribution in [0, 0.1) is 16.7 Å². The van der Waals surface area contributed by atoms with Crippen molar-refractivity contribution in [3.8, 4) is 6.07 Å². The van der Waals surface area contributed by atoms with E-state index in [1.54, 1.807) is 24.1 Å². The molecule has 2 rings (SSSR count). The van der Waals surface area contributed by atoms with Crippen LogP contribution in [0.2, 0.25) is 0 Å². The van der Waals surface area contributed by atoms with Crippen LogP contribution in [0.25, 0.3) is 0 Å². The van der Waals surface area contributed by atoms with Crippen LogP contribution in [0.4, 0.5) is 5.69 Å². The number of hydrogen-bond acceptors (Lipinski definition) is 3. The fraction of sp³-hybridized carbons (Fsp3) is 0.500. The summed E-state index contributed by atoms with van der Waals surface area (Å²) in [6, 6.07) is 9.33. The van der Waals surface area contributed by atoms with Gasteiger partial charge in [-0.2, -0.15) is 5.26 Å². The van der Waals surface area contributed by atoms with Crippen molar-refractivity contribution in [2.45, 2.75) is 26.2 Å². The number of hydrogen-bond donors (Lipinski definition) is 1. The fourth-order valence-electron chi connectivity index (χ4n) is 2.88. The lowest BCUT2D eigenvalue weighted by molar-refractivity contribution is -0.129. The van der Waals surface area contributed by atoms with Crippen LogP contribution in [0.3, 0.4) is 0 Å². The maximum absolute atomic E-state index is 12.9. The molecule has 4 heteroatoms. The van der Waals surface area contributed by atoms with Gasteiger partial charge in [-0.1, -0.05) is 13.0 Å². The van der Waals surface area contributed by atoms with E-state index in [-0.39, 0.29) is 11.3 Å². The zero-order valence-electron chi connectivity index (χ0n) is 12.1. The number of carbonyl (C=O) groups is 1. The number of anilines is 1. The minimum atomic E-state index is -0.261. The Morgan fingerprint density at radius 3 is 2.75 bits per heavy atom. The molecule has 1 fully saturated rings. The first-order chi connectivity index (χ1) is 9.63. The molecular formula is C16H21N3O. The zero-order valence-corrected chi connectivity index (χ0v) is 12.1. The molecule has 1 amide bonds. The molecule has 1 aromatic carbocycles. The molecule has 1 aliphatic rings. The van der Waals surface area contributed by atoms with Gasteiger partial charge in [-0.25, -0.2) is 0 Å². The second-order valence-electron chi connectivity index (χ2n) is 5.41. The van der Waals surface area contributed by atoms with Gasteiger partial charge in [-0.05, 0) is 50.6 Å². The standard InChI is InChI=1S/C16H21N3O/c1-3-16(7-9-18-10-8-16)15(20)19(2)14-6-4-5-13(11-14)12-17/h4-6,11,18H,3,7-10H2,1-2H3. The number of carbonyl (C=O) groups excluding carboxylic acids is 1. The predicted octanol–water partition coefficient (Wildman–Crippen LogP) is 2.30. The molecule has 0 saturated carbocycles. The van der Waals surface area contributed by atoms with Crippen LogP contribution in [0.15, 0.2) is 24.3 Å². The second-order valence-corrected chi connectivity index (χ2v) is 5.41. The van der Waals surface area contributed by atoms with E-state index in [2.05, 4.69) is 18.3 Å². The molecular weight excluding hydrogens is 250 g/mol. The molecule has 1 aromatic rings. The fourth-order valence-corrected chi connectivity index (χ4v) is 2.88. The molecule has 106 valence electrons. The van der Waals surface area contributed by atoms with E-state index >= 15 is 0 Å². The second kappa shape index (κ2) is 6.06. The SMILES string of the molecule is CCC1(C(=O)N(C)c2cccc(C#N)c2)CCNCC1. The van der Waals surface area contributed by atoms with E-state index in [1.807, 2.05) is 12.1 Å².